The van der Waals surface area contributed by atoms with E-state index in [0.29, 0.717) is 17.1 Å². The Morgan fingerprint density at radius 1 is 1.44 bits per heavy atom. The molecule has 0 amide bonds. The van der Waals surface area contributed by atoms with Crippen LogP contribution in [0.15, 0.2) is 34.6 Å². The lowest BCUT2D eigenvalue weighted by atomic mass is 10.1. The van der Waals surface area contributed by atoms with Gasteiger partial charge in [-0.2, -0.15) is 0 Å². The summed E-state index contributed by atoms with van der Waals surface area (Å²) in [5.74, 6) is 0.731. The maximum Gasteiger partial charge on any atom is 0.194 e. The van der Waals surface area contributed by atoms with E-state index < -0.39 is 6.10 Å². The average Bonchev–Trinajstić information content (AvgIpc) is 2.96. The minimum Gasteiger partial charge on any atom is -0.386 e. The molecule has 1 aromatic heterocycles. The van der Waals surface area contributed by atoms with Crippen LogP contribution in [0.3, 0.4) is 0 Å². The SMILES string of the molecule is CCNC(=NCC(O)c1ccccc1Cl)N(C)Cc1csc(C)n1.I. The van der Waals surface area contributed by atoms with E-state index in [9.17, 15) is 5.11 Å². The van der Waals surface area contributed by atoms with Crippen molar-refractivity contribution in [3.8, 4) is 0 Å². The second-order valence-electron chi connectivity index (χ2n) is 5.45. The molecule has 5 nitrogen and oxygen atoms in total. The number of guanidine groups is 1. The monoisotopic (exact) mass is 494 g/mol. The molecule has 0 spiro atoms. The highest BCUT2D eigenvalue weighted by atomic mass is 127. The Labute approximate surface area is 175 Å². The Morgan fingerprint density at radius 2 is 2.16 bits per heavy atom. The normalized spacial score (nSPS) is 12.4. The van der Waals surface area contributed by atoms with Gasteiger partial charge in [-0.05, 0) is 19.9 Å². The standard InChI is InChI=1S/C17H23ClN4OS.HI/c1-4-19-17(22(3)10-13-11-24-12(2)21-13)20-9-16(23)14-7-5-6-8-15(14)18;/h5-8,11,16,23H,4,9-10H2,1-3H3,(H,19,20);1H. The molecule has 0 aliphatic carbocycles. The van der Waals surface area contributed by atoms with Crippen LogP contribution < -0.4 is 5.32 Å². The van der Waals surface area contributed by atoms with Gasteiger partial charge in [0.25, 0.3) is 0 Å². The number of aliphatic hydroxyl groups is 1. The highest BCUT2D eigenvalue weighted by molar-refractivity contribution is 14.0. The number of aliphatic imine (C=N–C) groups is 1. The third-order valence-electron chi connectivity index (χ3n) is 3.44. The van der Waals surface area contributed by atoms with E-state index in [1.165, 1.54) is 0 Å². The molecule has 0 aliphatic heterocycles. The first kappa shape index (κ1) is 22.1. The van der Waals surface area contributed by atoms with Crippen molar-refractivity contribution < 1.29 is 5.11 Å². The minimum atomic E-state index is -0.734. The van der Waals surface area contributed by atoms with Gasteiger partial charge in [0.1, 0.15) is 6.10 Å². The molecule has 1 heterocycles. The zero-order chi connectivity index (χ0) is 17.5. The van der Waals surface area contributed by atoms with Gasteiger partial charge in [0.15, 0.2) is 5.96 Å². The summed E-state index contributed by atoms with van der Waals surface area (Å²) in [5, 5.41) is 17.2. The number of nitrogens with zero attached hydrogens (tertiary/aromatic N) is 3. The number of halogens is 2. The molecule has 0 bridgehead atoms. The molecule has 0 fully saturated rings. The number of thiazole rings is 1. The van der Waals surface area contributed by atoms with Crippen molar-refractivity contribution in [1.29, 1.82) is 0 Å². The van der Waals surface area contributed by atoms with Gasteiger partial charge in [-0.25, -0.2) is 4.98 Å². The van der Waals surface area contributed by atoms with E-state index in [0.717, 1.165) is 23.2 Å². The first-order valence-corrected chi connectivity index (χ1v) is 9.10. The summed E-state index contributed by atoms with van der Waals surface area (Å²) in [6.07, 6.45) is -0.734. The van der Waals surface area contributed by atoms with Gasteiger partial charge in [0.2, 0.25) is 0 Å². The quantitative estimate of drug-likeness (QED) is 0.364. The van der Waals surface area contributed by atoms with E-state index in [-0.39, 0.29) is 30.5 Å². The molecule has 2 aromatic rings. The molecule has 2 rings (SSSR count). The third kappa shape index (κ3) is 6.73. The number of aliphatic hydroxyl groups excluding tert-OH is 1. The number of hydrogen-bond acceptors (Lipinski definition) is 4. The molecule has 1 unspecified atom stereocenters. The van der Waals surface area contributed by atoms with Gasteiger partial charge in [0, 0.05) is 29.6 Å². The van der Waals surface area contributed by atoms with Crippen LogP contribution in [-0.4, -0.2) is 41.1 Å². The maximum atomic E-state index is 10.3. The largest absolute Gasteiger partial charge is 0.386 e. The van der Waals surface area contributed by atoms with Gasteiger partial charge >= 0.3 is 0 Å². The molecule has 1 aromatic carbocycles. The first-order chi connectivity index (χ1) is 11.5. The van der Waals surface area contributed by atoms with Crippen LogP contribution in [0.1, 0.15) is 29.3 Å². The molecule has 0 radical (unpaired) electrons. The van der Waals surface area contributed by atoms with Crippen LogP contribution in [0.25, 0.3) is 0 Å². The zero-order valence-electron chi connectivity index (χ0n) is 14.6. The van der Waals surface area contributed by atoms with E-state index >= 15 is 0 Å². The van der Waals surface area contributed by atoms with Crippen molar-refractivity contribution in [3.05, 3.63) is 50.9 Å². The fourth-order valence-corrected chi connectivity index (χ4v) is 3.15. The summed E-state index contributed by atoms with van der Waals surface area (Å²) in [5.41, 5.74) is 1.70. The van der Waals surface area contributed by atoms with Gasteiger partial charge in [-0.15, -0.1) is 35.3 Å². The second kappa shape index (κ2) is 10.9. The minimum absolute atomic E-state index is 0. The van der Waals surface area contributed by atoms with Gasteiger partial charge in [-0.1, -0.05) is 29.8 Å². The van der Waals surface area contributed by atoms with Crippen molar-refractivity contribution in [2.75, 3.05) is 20.1 Å². The Kier molecular flexibility index (Phi) is 9.70. The van der Waals surface area contributed by atoms with Crippen LogP contribution in [0.2, 0.25) is 5.02 Å². The van der Waals surface area contributed by atoms with E-state index in [1.54, 1.807) is 17.4 Å². The molecule has 25 heavy (non-hydrogen) atoms. The Morgan fingerprint density at radius 3 is 2.76 bits per heavy atom. The molecule has 1 atom stereocenters. The lowest BCUT2D eigenvalue weighted by Gasteiger charge is -2.22. The van der Waals surface area contributed by atoms with Crippen molar-refractivity contribution in [1.82, 2.24) is 15.2 Å². The molecule has 138 valence electrons. The number of hydrogen-bond donors (Lipinski definition) is 2. The van der Waals surface area contributed by atoms with Gasteiger partial charge < -0.3 is 15.3 Å². The average molecular weight is 495 g/mol. The van der Waals surface area contributed by atoms with Crippen LogP contribution in [0.5, 0.6) is 0 Å². The molecule has 2 N–H and O–H groups in total. The molecule has 8 heteroatoms. The molecular weight excluding hydrogens is 471 g/mol. The number of aromatic nitrogens is 1. The maximum absolute atomic E-state index is 10.3. The topological polar surface area (TPSA) is 60.8 Å². The summed E-state index contributed by atoms with van der Waals surface area (Å²) in [6, 6.07) is 7.29. The Hall–Kier alpha value is -0.900. The highest BCUT2D eigenvalue weighted by Gasteiger charge is 2.13. The predicted molar refractivity (Wildman–Crippen MR) is 116 cm³/mol. The number of nitrogens with one attached hydrogen (secondary N) is 1. The van der Waals surface area contributed by atoms with Crippen molar-refractivity contribution in [2.45, 2.75) is 26.5 Å². The second-order valence-corrected chi connectivity index (χ2v) is 6.92. The number of benzene rings is 1. The molecular formula is C17H24ClIN4OS. The van der Waals surface area contributed by atoms with Gasteiger partial charge in [0.05, 0.1) is 23.8 Å². The van der Waals surface area contributed by atoms with Crippen molar-refractivity contribution >= 4 is 52.9 Å². The summed E-state index contributed by atoms with van der Waals surface area (Å²) in [7, 11) is 1.96. The van der Waals surface area contributed by atoms with Crippen LogP contribution in [0.4, 0.5) is 0 Å². The first-order valence-electron chi connectivity index (χ1n) is 7.84. The smallest absolute Gasteiger partial charge is 0.194 e. The fourth-order valence-electron chi connectivity index (χ4n) is 2.29. The number of aryl methyl sites for hydroxylation is 1. The highest BCUT2D eigenvalue weighted by Crippen LogP contribution is 2.22. The van der Waals surface area contributed by atoms with E-state index in [2.05, 4.69) is 15.3 Å². The summed E-state index contributed by atoms with van der Waals surface area (Å²) in [4.78, 5) is 11.0. The van der Waals surface area contributed by atoms with Crippen LogP contribution >= 0.6 is 46.9 Å². The lowest BCUT2D eigenvalue weighted by Crippen LogP contribution is -2.38. The molecule has 0 aliphatic rings. The van der Waals surface area contributed by atoms with Crippen LogP contribution in [-0.2, 0) is 6.54 Å². The lowest BCUT2D eigenvalue weighted by molar-refractivity contribution is 0.186. The summed E-state index contributed by atoms with van der Waals surface area (Å²) in [6.45, 7) is 5.67. The molecule has 0 saturated carbocycles. The summed E-state index contributed by atoms with van der Waals surface area (Å²) >= 11 is 7.76. The Balaban J connectivity index is 0.00000312. The van der Waals surface area contributed by atoms with Crippen molar-refractivity contribution in [2.24, 2.45) is 4.99 Å². The molecule has 0 saturated heterocycles. The summed E-state index contributed by atoms with van der Waals surface area (Å²) < 4.78 is 0. The van der Waals surface area contributed by atoms with Crippen molar-refractivity contribution in [3.63, 3.8) is 0 Å². The Bertz CT molecular complexity index is 695. The third-order valence-corrected chi connectivity index (χ3v) is 4.61. The predicted octanol–water partition coefficient (Wildman–Crippen LogP) is 3.85. The fraction of sp³-hybridized carbons (Fsp3) is 0.412. The van der Waals surface area contributed by atoms with Gasteiger partial charge in [-0.3, -0.25) is 4.99 Å². The van der Waals surface area contributed by atoms with Crippen LogP contribution in [0, 0.1) is 6.92 Å². The number of rotatable bonds is 6. The zero-order valence-corrected chi connectivity index (χ0v) is 18.5. The van der Waals surface area contributed by atoms with E-state index in [1.807, 2.05) is 49.4 Å². The van der Waals surface area contributed by atoms with E-state index in [4.69, 9.17) is 11.6 Å².